The number of ether oxygens (including phenoxy) is 6. The highest BCUT2D eigenvalue weighted by atomic mass is 16.7. The summed E-state index contributed by atoms with van der Waals surface area (Å²) in [6, 6.07) is 0.477. The molecular weight excluding hydrogens is 660 g/mol. The molecule has 0 radical (unpaired) electrons. The maximum Gasteiger partial charge on any atom is 0.288 e. The fourth-order valence-electron chi connectivity index (χ4n) is 8.36. The molecule has 4 heterocycles. The Kier molecular flexibility index (Phi) is 13.8. The van der Waals surface area contributed by atoms with Crippen molar-refractivity contribution in [1.82, 2.24) is 15.1 Å². The minimum Gasteiger partial charge on any atom is -0.454 e. The number of carbonyl (C=O) groups is 2. The number of aliphatic hydroxyl groups is 2. The normalized spacial score (nSPS) is 44.5. The van der Waals surface area contributed by atoms with Gasteiger partial charge in [-0.1, -0.05) is 20.8 Å². The van der Waals surface area contributed by atoms with Crippen molar-refractivity contribution in [1.29, 1.82) is 0 Å². The molecule has 4 aliphatic rings. The quantitative estimate of drug-likeness (QED) is 0.369. The molecule has 51 heavy (non-hydrogen) atoms. The molecule has 0 aromatic heterocycles. The SMILES string of the molecule is CO[C@]1(C)C[C@H](O[C@H]2[C@H](C)[C@@H](O[C@@H]3O[C@H](C)C[C@H]4[C@H]3O/C(=N/C(C)C)N4C)[C@](C)(O)C[C@@H](C)CN(C)C(=O)CCCNC(=O)[C@@H]2C)O[C@@H](C)[C@@H]1O. The predicted octanol–water partition coefficient (Wildman–Crippen LogP) is 2.67. The lowest BCUT2D eigenvalue weighted by molar-refractivity contribution is -0.313. The summed E-state index contributed by atoms with van der Waals surface area (Å²) >= 11 is 0. The Balaban J connectivity index is 1.75. The van der Waals surface area contributed by atoms with Crippen LogP contribution < -0.4 is 5.32 Å². The second kappa shape index (κ2) is 16.9. The van der Waals surface area contributed by atoms with E-state index in [-0.39, 0.29) is 48.8 Å². The molecule has 0 bridgehead atoms. The van der Waals surface area contributed by atoms with Gasteiger partial charge in [-0.15, -0.1) is 0 Å². The summed E-state index contributed by atoms with van der Waals surface area (Å²) in [6.07, 6.45) is -3.64. The largest absolute Gasteiger partial charge is 0.454 e. The van der Waals surface area contributed by atoms with Gasteiger partial charge in [0, 0.05) is 59.1 Å². The number of hydrogen-bond donors (Lipinski definition) is 3. The standard InChI is InChI=1S/C37H66N4O10/c1-20(2)39-35-41(11)26-16-22(4)47-34(30(26)50-35)51-32-23(5)29(49-28-18-37(9,46-12)31(43)25(7)48-28)24(6)33(44)38-15-13-14-27(42)40(10)19-21(3)17-36(32,8)45/h20-26,28-32,34,43,45H,13-19H2,1-12H3,(H,38,44)/b39-35+/t21-,22-,23+,24-,25+,26+,28+,29+,30-,31+,32-,34+,36-,37-/m1/s1. The van der Waals surface area contributed by atoms with Crippen LogP contribution in [0.3, 0.4) is 0 Å². The van der Waals surface area contributed by atoms with Crippen LogP contribution in [0.1, 0.15) is 94.4 Å². The molecule has 0 aliphatic carbocycles. The van der Waals surface area contributed by atoms with Gasteiger partial charge in [-0.2, -0.15) is 0 Å². The van der Waals surface area contributed by atoms with Crippen molar-refractivity contribution in [2.45, 2.75) is 167 Å². The molecule has 4 saturated heterocycles. The summed E-state index contributed by atoms with van der Waals surface area (Å²) in [5.74, 6) is -1.70. The van der Waals surface area contributed by atoms with E-state index in [1.165, 1.54) is 0 Å². The lowest BCUT2D eigenvalue weighted by Gasteiger charge is -2.48. The van der Waals surface area contributed by atoms with Crippen molar-refractivity contribution >= 4 is 17.8 Å². The molecule has 14 nitrogen and oxygen atoms in total. The fourth-order valence-corrected chi connectivity index (χ4v) is 8.36. The average molecular weight is 727 g/mol. The van der Waals surface area contributed by atoms with Gasteiger partial charge in [0.05, 0.1) is 47.6 Å². The van der Waals surface area contributed by atoms with Gasteiger partial charge >= 0.3 is 0 Å². The average Bonchev–Trinajstić information content (AvgIpc) is 3.35. The maximum absolute atomic E-state index is 13.8. The fraction of sp³-hybridized carbons (Fsp3) is 0.919. The molecule has 0 aromatic rings. The van der Waals surface area contributed by atoms with Gasteiger partial charge in [-0.25, -0.2) is 4.99 Å². The second-order valence-corrected chi connectivity index (χ2v) is 16.4. The van der Waals surface area contributed by atoms with Gasteiger partial charge in [0.2, 0.25) is 11.8 Å². The van der Waals surface area contributed by atoms with Crippen molar-refractivity contribution in [3.63, 3.8) is 0 Å². The van der Waals surface area contributed by atoms with Gasteiger partial charge in [0.1, 0.15) is 6.10 Å². The third-order valence-corrected chi connectivity index (χ3v) is 11.2. The number of hydrogen-bond acceptors (Lipinski definition) is 11. The van der Waals surface area contributed by atoms with E-state index in [1.807, 2.05) is 53.5 Å². The Morgan fingerprint density at radius 2 is 1.73 bits per heavy atom. The first-order valence-electron chi connectivity index (χ1n) is 18.8. The van der Waals surface area contributed by atoms with Crippen molar-refractivity contribution < 1.29 is 48.2 Å². The molecule has 294 valence electrons. The maximum atomic E-state index is 13.8. The summed E-state index contributed by atoms with van der Waals surface area (Å²) in [5.41, 5.74) is -2.42. The zero-order valence-electron chi connectivity index (χ0n) is 33.0. The van der Waals surface area contributed by atoms with E-state index in [9.17, 15) is 19.8 Å². The van der Waals surface area contributed by atoms with E-state index in [0.717, 1.165) is 0 Å². The van der Waals surface area contributed by atoms with E-state index in [1.54, 1.807) is 39.8 Å². The van der Waals surface area contributed by atoms with Gasteiger partial charge in [0.15, 0.2) is 18.7 Å². The van der Waals surface area contributed by atoms with Crippen LogP contribution in [-0.2, 0) is 38.0 Å². The van der Waals surface area contributed by atoms with Gasteiger partial charge in [0.25, 0.3) is 6.02 Å². The van der Waals surface area contributed by atoms with E-state index in [4.69, 9.17) is 33.4 Å². The summed E-state index contributed by atoms with van der Waals surface area (Å²) in [5, 5.41) is 26.4. The Hall–Kier alpha value is -2.07. The second-order valence-electron chi connectivity index (χ2n) is 16.4. The molecule has 2 amide bonds. The summed E-state index contributed by atoms with van der Waals surface area (Å²) in [4.78, 5) is 35.2. The van der Waals surface area contributed by atoms with Crippen LogP contribution in [-0.4, -0.2) is 145 Å². The lowest BCUT2D eigenvalue weighted by Crippen LogP contribution is -2.60. The van der Waals surface area contributed by atoms with Gasteiger partial charge in [-0.3, -0.25) is 9.59 Å². The third kappa shape index (κ3) is 9.73. The number of rotatable bonds is 6. The molecule has 0 unspecified atom stereocenters. The summed E-state index contributed by atoms with van der Waals surface area (Å²) < 4.78 is 38.5. The minimum atomic E-state index is -1.47. The zero-order chi connectivity index (χ0) is 38.0. The first-order valence-corrected chi connectivity index (χ1v) is 18.8. The van der Waals surface area contributed by atoms with Crippen molar-refractivity contribution in [2.75, 3.05) is 34.3 Å². The summed E-state index contributed by atoms with van der Waals surface area (Å²) in [6.45, 7) is 17.8. The van der Waals surface area contributed by atoms with Gasteiger partial charge in [-0.05, 0) is 66.7 Å². The number of amidine groups is 1. The minimum absolute atomic E-state index is 0.0210. The number of nitrogens with zero attached hydrogens (tertiary/aromatic N) is 3. The number of aliphatic imine (C=N–C) groups is 1. The molecule has 0 saturated carbocycles. The van der Waals surface area contributed by atoms with Crippen molar-refractivity contribution in [3.8, 4) is 0 Å². The van der Waals surface area contributed by atoms with Crippen LogP contribution >= 0.6 is 0 Å². The van der Waals surface area contributed by atoms with E-state index in [2.05, 4.69) is 5.32 Å². The number of aliphatic hydroxyl groups excluding tert-OH is 1. The lowest BCUT2D eigenvalue weighted by atomic mass is 9.77. The molecule has 4 rings (SSSR count). The first kappa shape index (κ1) is 41.7. The molecule has 14 heteroatoms. The number of nitrogens with one attached hydrogen (secondary N) is 1. The smallest absolute Gasteiger partial charge is 0.288 e. The first-order chi connectivity index (χ1) is 23.8. The zero-order valence-corrected chi connectivity index (χ0v) is 33.0. The monoisotopic (exact) mass is 726 g/mol. The molecule has 4 fully saturated rings. The summed E-state index contributed by atoms with van der Waals surface area (Å²) in [7, 11) is 5.28. The number of methoxy groups -OCH3 is 1. The number of amides is 2. The predicted molar refractivity (Wildman–Crippen MR) is 191 cm³/mol. The van der Waals surface area contributed by atoms with Crippen LogP contribution in [0.5, 0.6) is 0 Å². The third-order valence-electron chi connectivity index (χ3n) is 11.2. The number of carbonyl (C=O) groups excluding carboxylic acids is 2. The van der Waals surface area contributed by atoms with Crippen LogP contribution in [0.25, 0.3) is 0 Å². The number of fused-ring (bicyclic) bond motifs is 1. The molecule has 14 atom stereocenters. The van der Waals surface area contributed by atoms with Gasteiger partial charge < -0.3 is 53.8 Å². The molecule has 0 aromatic carbocycles. The Morgan fingerprint density at radius 1 is 1.04 bits per heavy atom. The van der Waals surface area contributed by atoms with Crippen LogP contribution in [0.2, 0.25) is 0 Å². The highest BCUT2D eigenvalue weighted by molar-refractivity contribution is 5.79. The molecule has 4 aliphatic heterocycles. The molecule has 3 N–H and O–H groups in total. The van der Waals surface area contributed by atoms with Crippen LogP contribution in [0.15, 0.2) is 4.99 Å². The molecule has 0 spiro atoms. The number of likely N-dealkylation sites (N-methyl/N-ethyl adjacent to an activating group) is 1. The van der Waals surface area contributed by atoms with E-state index in [0.29, 0.717) is 38.4 Å². The highest BCUT2D eigenvalue weighted by Gasteiger charge is 2.53. The van der Waals surface area contributed by atoms with E-state index < -0.39 is 66.1 Å². The Labute approximate surface area is 304 Å². The Bertz CT molecular complexity index is 1220. The van der Waals surface area contributed by atoms with E-state index >= 15 is 0 Å². The van der Waals surface area contributed by atoms with Crippen LogP contribution in [0, 0.1) is 17.8 Å². The van der Waals surface area contributed by atoms with Crippen molar-refractivity contribution in [3.05, 3.63) is 0 Å². The molecular formula is C37H66N4O10. The Morgan fingerprint density at radius 3 is 2.37 bits per heavy atom. The van der Waals surface area contributed by atoms with Crippen molar-refractivity contribution in [2.24, 2.45) is 22.7 Å². The highest BCUT2D eigenvalue weighted by Crippen LogP contribution is 2.40. The van der Waals surface area contributed by atoms with Crippen LogP contribution in [0.4, 0.5) is 0 Å². The topological polar surface area (TPSA) is 161 Å².